The van der Waals surface area contributed by atoms with Gasteiger partial charge in [-0.1, -0.05) is 35.0 Å². The molecule has 1 aliphatic heterocycles. The van der Waals surface area contributed by atoms with Gasteiger partial charge < -0.3 is 20.1 Å². The number of amides is 1. The first-order chi connectivity index (χ1) is 12.9. The number of benzene rings is 1. The lowest BCUT2D eigenvalue weighted by Crippen LogP contribution is -2.48. The molecule has 2 N–H and O–H groups in total. The van der Waals surface area contributed by atoms with Crippen LogP contribution in [0.2, 0.25) is 5.02 Å². The molecule has 0 saturated carbocycles. The third-order valence-corrected chi connectivity index (χ3v) is 4.82. The zero-order valence-corrected chi connectivity index (χ0v) is 16.5. The smallest absolute Gasteiger partial charge is 0.257 e. The second-order valence-corrected chi connectivity index (χ2v) is 6.93. The molecule has 0 spiro atoms. The van der Waals surface area contributed by atoms with Crippen molar-refractivity contribution in [2.45, 2.75) is 19.9 Å². The number of aryl methyl sites for hydroxylation is 1. The molecule has 0 unspecified atom stereocenters. The summed E-state index contributed by atoms with van der Waals surface area (Å²) in [7, 11) is 0. The number of nitrogens with zero attached hydrogens (tertiary/aromatic N) is 2. The van der Waals surface area contributed by atoms with E-state index < -0.39 is 6.04 Å². The van der Waals surface area contributed by atoms with Crippen molar-refractivity contribution in [3.8, 4) is 0 Å². The van der Waals surface area contributed by atoms with E-state index in [2.05, 4.69) is 22.4 Å². The third-order valence-electron chi connectivity index (χ3n) is 4.23. The van der Waals surface area contributed by atoms with Gasteiger partial charge in [0.2, 0.25) is 0 Å². The summed E-state index contributed by atoms with van der Waals surface area (Å²) in [5.41, 5.74) is 2.16. The molecular weight excluding hydrogens is 384 g/mol. The number of hydrogen-bond donors (Lipinski definition) is 2. The molecule has 1 atom stereocenters. The number of rotatable bonds is 5. The largest absolute Gasteiger partial charge is 0.360 e. The van der Waals surface area contributed by atoms with Gasteiger partial charge in [-0.2, -0.15) is 0 Å². The van der Waals surface area contributed by atoms with Gasteiger partial charge in [0.1, 0.15) is 5.76 Å². The fourth-order valence-corrected chi connectivity index (χ4v) is 3.39. The molecule has 1 amide bonds. The van der Waals surface area contributed by atoms with E-state index in [1.54, 1.807) is 31.2 Å². The van der Waals surface area contributed by atoms with Crippen LogP contribution in [0.3, 0.4) is 0 Å². The first kappa shape index (κ1) is 19.1. The average Bonchev–Trinajstić information content (AvgIpc) is 3.03. The summed E-state index contributed by atoms with van der Waals surface area (Å²) >= 11 is 11.5. The molecule has 1 aromatic heterocycles. The Kier molecular flexibility index (Phi) is 5.62. The molecule has 3 rings (SSSR count). The standard InChI is InChI=1S/C19H19ClN4O2S/c1-4-9-24-12(3)16(18(25)21-15-10-11(2)26-23-15)17(22-19(24)27)13-5-7-14(20)8-6-13/h4-8,10,17H,1,9H2,2-3H3,(H,22,27)(H,21,23,25)/t17-/m1/s1. The number of nitrogens with one attached hydrogen (secondary N) is 2. The first-order valence-electron chi connectivity index (χ1n) is 8.30. The SMILES string of the molecule is C=CCN1C(=S)N[C@H](c2ccc(Cl)cc2)C(C(=O)Nc2cc(C)on2)=C1C. The molecule has 1 aliphatic rings. The van der Waals surface area contributed by atoms with Crippen LogP contribution in [0, 0.1) is 6.92 Å². The lowest BCUT2D eigenvalue weighted by atomic mass is 9.94. The molecule has 27 heavy (non-hydrogen) atoms. The maximum Gasteiger partial charge on any atom is 0.257 e. The Morgan fingerprint density at radius 3 is 2.74 bits per heavy atom. The maximum absolute atomic E-state index is 13.1. The van der Waals surface area contributed by atoms with E-state index in [0.29, 0.717) is 33.8 Å². The summed E-state index contributed by atoms with van der Waals surface area (Å²) < 4.78 is 5.03. The van der Waals surface area contributed by atoms with Crippen molar-refractivity contribution in [2.24, 2.45) is 0 Å². The van der Waals surface area contributed by atoms with E-state index in [9.17, 15) is 4.79 Å². The van der Waals surface area contributed by atoms with Crippen LogP contribution in [0.5, 0.6) is 0 Å². The van der Waals surface area contributed by atoms with Crippen molar-refractivity contribution in [1.82, 2.24) is 15.4 Å². The highest BCUT2D eigenvalue weighted by atomic mass is 35.5. The fourth-order valence-electron chi connectivity index (χ4n) is 2.94. The van der Waals surface area contributed by atoms with Crippen LogP contribution in [-0.4, -0.2) is 27.6 Å². The van der Waals surface area contributed by atoms with Gasteiger partial charge in [0, 0.05) is 23.3 Å². The number of thiocarbonyl (C=S) groups is 1. The Morgan fingerprint density at radius 2 is 2.15 bits per heavy atom. The number of halogens is 1. The number of allylic oxidation sites excluding steroid dienone is 1. The summed E-state index contributed by atoms with van der Waals surface area (Å²) in [4.78, 5) is 14.9. The van der Waals surface area contributed by atoms with Gasteiger partial charge in [-0.05, 0) is 43.8 Å². The summed E-state index contributed by atoms with van der Waals surface area (Å²) in [6.45, 7) is 7.88. The van der Waals surface area contributed by atoms with E-state index in [1.807, 2.05) is 24.0 Å². The van der Waals surface area contributed by atoms with E-state index in [0.717, 1.165) is 11.3 Å². The number of aromatic nitrogens is 1. The molecule has 2 aromatic rings. The molecule has 8 heteroatoms. The molecule has 2 heterocycles. The normalized spacial score (nSPS) is 16.9. The highest BCUT2D eigenvalue weighted by Crippen LogP contribution is 2.32. The van der Waals surface area contributed by atoms with Crippen LogP contribution in [0.25, 0.3) is 0 Å². The maximum atomic E-state index is 13.1. The van der Waals surface area contributed by atoms with Crippen molar-refractivity contribution in [3.63, 3.8) is 0 Å². The van der Waals surface area contributed by atoms with Crippen molar-refractivity contribution in [3.05, 3.63) is 70.6 Å². The highest BCUT2D eigenvalue weighted by molar-refractivity contribution is 7.80. The first-order valence-corrected chi connectivity index (χ1v) is 9.09. The van der Waals surface area contributed by atoms with Gasteiger partial charge in [-0.25, -0.2) is 0 Å². The van der Waals surface area contributed by atoms with Crippen LogP contribution in [0.15, 0.2) is 58.8 Å². The molecule has 0 fully saturated rings. The zero-order valence-electron chi connectivity index (χ0n) is 15.0. The minimum absolute atomic E-state index is 0.287. The molecule has 6 nitrogen and oxygen atoms in total. The van der Waals surface area contributed by atoms with Crippen LogP contribution in [0.4, 0.5) is 5.82 Å². The van der Waals surface area contributed by atoms with Crippen molar-refractivity contribution in [2.75, 3.05) is 11.9 Å². The molecule has 0 bridgehead atoms. The van der Waals surface area contributed by atoms with Gasteiger partial charge in [0.25, 0.3) is 5.91 Å². The van der Waals surface area contributed by atoms with Gasteiger partial charge in [-0.15, -0.1) is 6.58 Å². The summed E-state index contributed by atoms with van der Waals surface area (Å²) in [6.07, 6.45) is 1.73. The molecular formula is C19H19ClN4O2S. The number of anilines is 1. The predicted octanol–water partition coefficient (Wildman–Crippen LogP) is 3.97. The number of carbonyl (C=O) groups excluding carboxylic acids is 1. The van der Waals surface area contributed by atoms with E-state index >= 15 is 0 Å². The van der Waals surface area contributed by atoms with E-state index in [-0.39, 0.29) is 5.91 Å². The van der Waals surface area contributed by atoms with Crippen LogP contribution >= 0.6 is 23.8 Å². The Hall–Kier alpha value is -2.64. The molecule has 140 valence electrons. The van der Waals surface area contributed by atoms with Crippen molar-refractivity contribution in [1.29, 1.82) is 0 Å². The Labute approximate surface area is 167 Å². The van der Waals surface area contributed by atoms with Crippen molar-refractivity contribution < 1.29 is 9.32 Å². The second-order valence-electron chi connectivity index (χ2n) is 6.11. The summed E-state index contributed by atoms with van der Waals surface area (Å²) in [5.74, 6) is 0.683. The lowest BCUT2D eigenvalue weighted by Gasteiger charge is -2.37. The third kappa shape index (κ3) is 4.04. The predicted molar refractivity (Wildman–Crippen MR) is 109 cm³/mol. The summed E-state index contributed by atoms with van der Waals surface area (Å²) in [5, 5.41) is 11.0. The minimum Gasteiger partial charge on any atom is -0.360 e. The topological polar surface area (TPSA) is 70.4 Å². The van der Waals surface area contributed by atoms with Gasteiger partial charge in [0.05, 0.1) is 11.6 Å². The van der Waals surface area contributed by atoms with E-state index in [4.69, 9.17) is 28.3 Å². The van der Waals surface area contributed by atoms with Gasteiger partial charge in [0.15, 0.2) is 10.9 Å². The molecule has 0 aliphatic carbocycles. The quantitative estimate of drug-likeness (QED) is 0.582. The molecule has 0 saturated heterocycles. The van der Waals surface area contributed by atoms with Gasteiger partial charge in [-0.3, -0.25) is 4.79 Å². The highest BCUT2D eigenvalue weighted by Gasteiger charge is 2.33. The average molecular weight is 403 g/mol. The molecule has 0 radical (unpaired) electrons. The zero-order chi connectivity index (χ0) is 19.6. The van der Waals surface area contributed by atoms with Crippen LogP contribution in [0.1, 0.15) is 24.3 Å². The van der Waals surface area contributed by atoms with Crippen LogP contribution < -0.4 is 10.6 Å². The van der Waals surface area contributed by atoms with E-state index in [1.165, 1.54) is 0 Å². The minimum atomic E-state index is -0.413. The van der Waals surface area contributed by atoms with Crippen LogP contribution in [-0.2, 0) is 4.79 Å². The number of hydrogen-bond acceptors (Lipinski definition) is 4. The van der Waals surface area contributed by atoms with Gasteiger partial charge >= 0.3 is 0 Å². The fraction of sp³-hybridized carbons (Fsp3) is 0.211. The Morgan fingerprint density at radius 1 is 1.44 bits per heavy atom. The Bertz CT molecular complexity index is 920. The monoisotopic (exact) mass is 402 g/mol. The second kappa shape index (κ2) is 7.94. The summed E-state index contributed by atoms with van der Waals surface area (Å²) in [6, 6.07) is 8.55. The Balaban J connectivity index is 2.02. The lowest BCUT2D eigenvalue weighted by molar-refractivity contribution is -0.113. The van der Waals surface area contributed by atoms with Crippen molar-refractivity contribution >= 4 is 40.7 Å². The number of carbonyl (C=O) groups is 1. The molecule has 1 aromatic carbocycles.